The number of amides is 2. The highest BCUT2D eigenvalue weighted by molar-refractivity contribution is 6.39. The van der Waals surface area contributed by atoms with Crippen LogP contribution in [0.2, 0.25) is 0 Å². The number of carbonyl (C=O) groups excluding carboxylic acids is 3. The molecular weight excluding hydrogens is 336 g/mol. The van der Waals surface area contributed by atoms with Gasteiger partial charge >= 0.3 is 17.8 Å². The van der Waals surface area contributed by atoms with Crippen LogP contribution in [-0.4, -0.2) is 40.6 Å². The van der Waals surface area contributed by atoms with Crippen molar-refractivity contribution in [1.82, 2.24) is 5.32 Å². The second-order valence-electron chi connectivity index (χ2n) is 7.40. The van der Waals surface area contributed by atoms with Crippen LogP contribution in [0.3, 0.4) is 0 Å². The number of hydrogen-bond donors (Lipinski definition) is 3. The number of ether oxygens (including phenoxy) is 1. The molecule has 26 heavy (non-hydrogen) atoms. The van der Waals surface area contributed by atoms with Gasteiger partial charge in [0.2, 0.25) is 0 Å². The average Bonchev–Trinajstić information content (AvgIpc) is 2.54. The van der Waals surface area contributed by atoms with Crippen LogP contribution in [0.4, 0.5) is 5.69 Å². The van der Waals surface area contributed by atoms with E-state index in [9.17, 15) is 19.5 Å². The smallest absolute Gasteiger partial charge is 0.313 e. The summed E-state index contributed by atoms with van der Waals surface area (Å²) in [4.78, 5) is 36.3. The fourth-order valence-electron chi connectivity index (χ4n) is 2.08. The molecule has 0 bridgehead atoms. The molecule has 0 radical (unpaired) electrons. The highest BCUT2D eigenvalue weighted by Gasteiger charge is 2.27. The van der Waals surface area contributed by atoms with Crippen LogP contribution < -0.4 is 10.6 Å². The maximum Gasteiger partial charge on any atom is 0.313 e. The molecule has 7 heteroatoms. The summed E-state index contributed by atoms with van der Waals surface area (Å²) in [6.07, 6.45) is 0.441. The van der Waals surface area contributed by atoms with E-state index in [2.05, 4.69) is 10.6 Å². The summed E-state index contributed by atoms with van der Waals surface area (Å²) >= 11 is 0. The lowest BCUT2D eigenvalue weighted by Gasteiger charge is -2.26. The molecule has 0 aromatic heterocycles. The zero-order valence-electron chi connectivity index (χ0n) is 16.0. The van der Waals surface area contributed by atoms with E-state index < -0.39 is 28.9 Å². The number of esters is 1. The van der Waals surface area contributed by atoms with Gasteiger partial charge in [0, 0.05) is 5.69 Å². The van der Waals surface area contributed by atoms with E-state index in [1.165, 1.54) is 0 Å². The molecule has 3 N–H and O–H groups in total. The van der Waals surface area contributed by atoms with Crippen molar-refractivity contribution in [1.29, 1.82) is 0 Å². The molecule has 1 atom stereocenters. The van der Waals surface area contributed by atoms with Crippen LogP contribution in [0.15, 0.2) is 24.3 Å². The minimum atomic E-state index is -0.871. The van der Waals surface area contributed by atoms with Crippen molar-refractivity contribution in [2.24, 2.45) is 0 Å². The number of hydrogen-bond acceptors (Lipinski definition) is 5. The summed E-state index contributed by atoms with van der Waals surface area (Å²) in [5, 5.41) is 14.4. The number of nitrogens with one attached hydrogen (secondary N) is 2. The molecule has 144 valence electrons. The Bertz CT molecular complexity index is 660. The van der Waals surface area contributed by atoms with Gasteiger partial charge in [-0.3, -0.25) is 14.4 Å². The number of aliphatic hydroxyl groups excluding tert-OH is 1. The fourth-order valence-corrected chi connectivity index (χ4v) is 2.08. The van der Waals surface area contributed by atoms with E-state index in [0.717, 1.165) is 0 Å². The highest BCUT2D eigenvalue weighted by Crippen LogP contribution is 2.18. The maximum absolute atomic E-state index is 12.2. The van der Waals surface area contributed by atoms with E-state index in [4.69, 9.17) is 4.74 Å². The molecule has 0 saturated heterocycles. The van der Waals surface area contributed by atoms with Crippen molar-refractivity contribution in [3.05, 3.63) is 29.8 Å². The molecule has 0 heterocycles. The molecule has 7 nitrogen and oxygen atoms in total. The van der Waals surface area contributed by atoms with E-state index in [-0.39, 0.29) is 13.0 Å². The lowest BCUT2D eigenvalue weighted by Crippen LogP contribution is -2.51. The van der Waals surface area contributed by atoms with Crippen LogP contribution >= 0.6 is 0 Å². The molecule has 0 aliphatic carbocycles. The summed E-state index contributed by atoms with van der Waals surface area (Å²) < 4.78 is 5.29. The van der Waals surface area contributed by atoms with Gasteiger partial charge in [0.15, 0.2) is 0 Å². The lowest BCUT2D eigenvalue weighted by atomic mass is 10.0. The van der Waals surface area contributed by atoms with Crippen molar-refractivity contribution in [3.8, 4) is 0 Å². The second-order valence-corrected chi connectivity index (χ2v) is 7.40. The SMILES string of the molecule is CCC(C)(CO)NC(=O)C(=O)Nc1ccccc1CC(=O)OC(C)(C)C. The lowest BCUT2D eigenvalue weighted by molar-refractivity contribution is -0.153. The van der Waals surface area contributed by atoms with Gasteiger partial charge in [-0.1, -0.05) is 25.1 Å². The maximum atomic E-state index is 12.2. The minimum Gasteiger partial charge on any atom is -0.460 e. The Balaban J connectivity index is 2.83. The third-order valence-electron chi connectivity index (χ3n) is 3.77. The van der Waals surface area contributed by atoms with Crippen molar-refractivity contribution in [2.75, 3.05) is 11.9 Å². The van der Waals surface area contributed by atoms with Gasteiger partial charge in [-0.25, -0.2) is 0 Å². The largest absolute Gasteiger partial charge is 0.460 e. The topological polar surface area (TPSA) is 105 Å². The van der Waals surface area contributed by atoms with Crippen molar-refractivity contribution in [3.63, 3.8) is 0 Å². The Kier molecular flexibility index (Phi) is 7.32. The molecule has 0 saturated carbocycles. The Hall–Kier alpha value is -2.41. The Morgan fingerprint density at radius 2 is 1.69 bits per heavy atom. The Morgan fingerprint density at radius 1 is 1.08 bits per heavy atom. The van der Waals surface area contributed by atoms with Crippen LogP contribution in [0.5, 0.6) is 0 Å². The predicted octanol–water partition coefficient (Wildman–Crippen LogP) is 1.79. The average molecular weight is 364 g/mol. The standard InChI is InChI=1S/C19H28N2O5/c1-6-19(5,12-22)21-17(25)16(24)20-14-10-8-7-9-13(14)11-15(23)26-18(2,3)4/h7-10,22H,6,11-12H2,1-5H3,(H,20,24)(H,21,25). The molecule has 0 aliphatic heterocycles. The summed E-state index contributed by atoms with van der Waals surface area (Å²) in [6.45, 7) is 8.48. The first-order chi connectivity index (χ1) is 12.0. The quantitative estimate of drug-likeness (QED) is 0.527. The minimum absolute atomic E-state index is 0.0291. The highest BCUT2D eigenvalue weighted by atomic mass is 16.6. The van der Waals surface area contributed by atoms with E-state index in [1.54, 1.807) is 58.9 Å². The van der Waals surface area contributed by atoms with Crippen LogP contribution in [0, 0.1) is 0 Å². The van der Waals surface area contributed by atoms with E-state index in [0.29, 0.717) is 17.7 Å². The molecule has 1 unspecified atom stereocenters. The van der Waals surface area contributed by atoms with Gasteiger partial charge in [-0.05, 0) is 45.7 Å². The third kappa shape index (κ3) is 6.84. The zero-order chi connectivity index (χ0) is 20.0. The number of aliphatic hydroxyl groups is 1. The van der Waals surface area contributed by atoms with Gasteiger partial charge in [0.1, 0.15) is 5.60 Å². The number of benzene rings is 1. The van der Waals surface area contributed by atoms with Crippen molar-refractivity contribution in [2.45, 2.75) is 58.6 Å². The first kappa shape index (κ1) is 21.6. The summed E-state index contributed by atoms with van der Waals surface area (Å²) in [5.41, 5.74) is -0.571. The van der Waals surface area contributed by atoms with Gasteiger partial charge in [0.25, 0.3) is 0 Å². The number of anilines is 1. The van der Waals surface area contributed by atoms with Crippen LogP contribution in [0.25, 0.3) is 0 Å². The predicted molar refractivity (Wildman–Crippen MR) is 98.5 cm³/mol. The molecule has 1 aromatic carbocycles. The molecule has 0 fully saturated rings. The number of carbonyl (C=O) groups is 3. The normalized spacial score (nSPS) is 13.5. The molecule has 1 aromatic rings. The summed E-state index contributed by atoms with van der Waals surface area (Å²) in [6, 6.07) is 6.71. The monoisotopic (exact) mass is 364 g/mol. The molecule has 0 aliphatic rings. The summed E-state index contributed by atoms with van der Waals surface area (Å²) in [5.74, 6) is -2.15. The first-order valence-electron chi connectivity index (χ1n) is 8.54. The van der Waals surface area contributed by atoms with Crippen molar-refractivity contribution >= 4 is 23.5 Å². The van der Waals surface area contributed by atoms with E-state index in [1.807, 2.05) is 0 Å². The first-order valence-corrected chi connectivity index (χ1v) is 8.54. The molecular formula is C19H28N2O5. The Labute approximate surface area is 154 Å². The molecule has 1 rings (SSSR count). The van der Waals surface area contributed by atoms with Crippen LogP contribution in [0.1, 0.15) is 46.6 Å². The van der Waals surface area contributed by atoms with Gasteiger partial charge in [0.05, 0.1) is 18.6 Å². The zero-order valence-corrected chi connectivity index (χ0v) is 16.0. The number of para-hydroxylation sites is 1. The fraction of sp³-hybridized carbons (Fsp3) is 0.526. The van der Waals surface area contributed by atoms with Gasteiger partial charge < -0.3 is 20.5 Å². The molecule has 0 spiro atoms. The van der Waals surface area contributed by atoms with Gasteiger partial charge in [-0.2, -0.15) is 0 Å². The Morgan fingerprint density at radius 3 is 2.23 bits per heavy atom. The van der Waals surface area contributed by atoms with Crippen LogP contribution in [-0.2, 0) is 25.5 Å². The van der Waals surface area contributed by atoms with Gasteiger partial charge in [-0.15, -0.1) is 0 Å². The molecule has 2 amide bonds. The summed E-state index contributed by atoms with van der Waals surface area (Å²) in [7, 11) is 0. The number of rotatable bonds is 6. The second kappa shape index (κ2) is 8.80. The van der Waals surface area contributed by atoms with Crippen molar-refractivity contribution < 1.29 is 24.2 Å². The third-order valence-corrected chi connectivity index (χ3v) is 3.77. The van der Waals surface area contributed by atoms with E-state index >= 15 is 0 Å².